The van der Waals surface area contributed by atoms with Crippen LogP contribution in [0.1, 0.15) is 46.3 Å². The molecule has 7 nitrogen and oxygen atoms in total. The number of rotatable bonds is 5. The lowest BCUT2D eigenvalue weighted by Crippen LogP contribution is -2.46. The second kappa shape index (κ2) is 8.88. The quantitative estimate of drug-likeness (QED) is 0.722. The molecule has 2 amide bonds. The molecule has 0 radical (unpaired) electrons. The topological polar surface area (TPSA) is 82.6 Å². The van der Waals surface area contributed by atoms with Gasteiger partial charge in [0.05, 0.1) is 18.2 Å². The fraction of sp³-hybridized carbons (Fsp3) is 0.478. The number of aromatic nitrogens is 1. The first-order valence-corrected chi connectivity index (χ1v) is 11.5. The molecular weight excluding hydrogens is 412 g/mol. The number of carbonyl (C=O) groups is 3. The van der Waals surface area contributed by atoms with Crippen molar-refractivity contribution in [1.82, 2.24) is 9.88 Å². The van der Waals surface area contributed by atoms with Gasteiger partial charge in [-0.25, -0.2) is 4.98 Å². The molecule has 0 saturated carbocycles. The number of ketones is 1. The van der Waals surface area contributed by atoms with Gasteiger partial charge in [-0.15, -0.1) is 11.3 Å². The number of aryl methyl sites for hydroxylation is 2. The van der Waals surface area contributed by atoms with E-state index >= 15 is 0 Å². The highest BCUT2D eigenvalue weighted by atomic mass is 32.1. The Balaban J connectivity index is 1.37. The maximum Gasteiger partial charge on any atom is 0.240 e. The summed E-state index contributed by atoms with van der Waals surface area (Å²) in [4.78, 5) is 46.8. The van der Waals surface area contributed by atoms with Crippen LogP contribution in [-0.2, 0) is 16.0 Å². The molecule has 2 aromatic rings. The van der Waals surface area contributed by atoms with Crippen molar-refractivity contribution in [1.29, 1.82) is 0 Å². The number of likely N-dealkylation sites (tertiary alicyclic amines) is 1. The minimum absolute atomic E-state index is 0.0387. The molecule has 1 N–H and O–H groups in total. The summed E-state index contributed by atoms with van der Waals surface area (Å²) in [5.41, 5.74) is 3.60. The Morgan fingerprint density at radius 1 is 1.23 bits per heavy atom. The Bertz CT molecular complexity index is 1010. The number of nitrogens with one attached hydrogen (secondary N) is 1. The van der Waals surface area contributed by atoms with Crippen molar-refractivity contribution in [2.75, 3.05) is 36.4 Å². The highest BCUT2D eigenvalue weighted by Crippen LogP contribution is 2.32. The van der Waals surface area contributed by atoms with Gasteiger partial charge < -0.3 is 10.2 Å². The van der Waals surface area contributed by atoms with Crippen molar-refractivity contribution in [2.45, 2.75) is 40.0 Å². The molecule has 4 rings (SSSR count). The Kier molecular flexibility index (Phi) is 6.20. The number of thiazole rings is 1. The van der Waals surface area contributed by atoms with Gasteiger partial charge in [0.15, 0.2) is 10.9 Å². The van der Waals surface area contributed by atoms with Crippen LogP contribution in [0.3, 0.4) is 0 Å². The van der Waals surface area contributed by atoms with E-state index in [0.29, 0.717) is 23.8 Å². The number of fused-ring (bicyclic) bond motifs is 1. The highest BCUT2D eigenvalue weighted by Gasteiger charge is 2.33. The van der Waals surface area contributed by atoms with Crippen molar-refractivity contribution in [2.24, 2.45) is 5.92 Å². The van der Waals surface area contributed by atoms with Crippen LogP contribution < -0.4 is 10.2 Å². The maximum absolute atomic E-state index is 13.3. The molecule has 31 heavy (non-hydrogen) atoms. The monoisotopic (exact) mass is 440 g/mol. The number of hydrogen-bond acceptors (Lipinski definition) is 6. The van der Waals surface area contributed by atoms with E-state index in [1.165, 1.54) is 11.3 Å². The third kappa shape index (κ3) is 4.70. The number of nitrogens with zero attached hydrogens (tertiary/aromatic N) is 3. The minimum atomic E-state index is -0.121. The summed E-state index contributed by atoms with van der Waals surface area (Å²) in [6.45, 7) is 7.78. The van der Waals surface area contributed by atoms with Crippen molar-refractivity contribution in [3.63, 3.8) is 0 Å². The smallest absolute Gasteiger partial charge is 0.240 e. The van der Waals surface area contributed by atoms with Crippen LogP contribution in [0.4, 0.5) is 10.8 Å². The van der Waals surface area contributed by atoms with Crippen LogP contribution >= 0.6 is 11.3 Å². The van der Waals surface area contributed by atoms with Gasteiger partial charge in [-0.05, 0) is 70.3 Å². The minimum Gasteiger partial charge on any atom is -0.312 e. The zero-order chi connectivity index (χ0) is 22.1. The van der Waals surface area contributed by atoms with Gasteiger partial charge in [0.1, 0.15) is 0 Å². The molecule has 1 aromatic heterocycles. The molecule has 1 saturated heterocycles. The Morgan fingerprint density at radius 3 is 2.74 bits per heavy atom. The Morgan fingerprint density at radius 2 is 2.03 bits per heavy atom. The lowest BCUT2D eigenvalue weighted by Gasteiger charge is -2.33. The Labute approximate surface area is 186 Å². The average Bonchev–Trinajstić information content (AvgIpc) is 3.29. The summed E-state index contributed by atoms with van der Waals surface area (Å²) in [6, 6.07) is 5.60. The molecule has 1 unspecified atom stereocenters. The molecule has 1 aromatic carbocycles. The van der Waals surface area contributed by atoms with Crippen LogP contribution in [0, 0.1) is 19.8 Å². The average molecular weight is 441 g/mol. The molecule has 3 heterocycles. The molecule has 164 valence electrons. The van der Waals surface area contributed by atoms with Crippen LogP contribution in [0.15, 0.2) is 18.2 Å². The van der Waals surface area contributed by atoms with Crippen LogP contribution in [0.5, 0.6) is 0 Å². The van der Waals surface area contributed by atoms with Crippen molar-refractivity contribution in [3.05, 3.63) is 39.9 Å². The number of carbonyl (C=O) groups excluding carboxylic acids is 3. The van der Waals surface area contributed by atoms with Gasteiger partial charge in [0.25, 0.3) is 0 Å². The molecule has 0 bridgehead atoms. The van der Waals surface area contributed by atoms with Crippen LogP contribution in [0.25, 0.3) is 0 Å². The first-order valence-electron chi connectivity index (χ1n) is 10.7. The van der Waals surface area contributed by atoms with Crippen LogP contribution in [0.2, 0.25) is 0 Å². The molecule has 1 fully saturated rings. The van der Waals surface area contributed by atoms with Gasteiger partial charge in [0, 0.05) is 29.2 Å². The van der Waals surface area contributed by atoms with Gasteiger partial charge in [-0.2, -0.15) is 0 Å². The Hall–Kier alpha value is -2.58. The molecule has 0 aliphatic carbocycles. The van der Waals surface area contributed by atoms with E-state index < -0.39 is 0 Å². The molecular formula is C23H28N4O3S. The highest BCUT2D eigenvalue weighted by molar-refractivity contribution is 7.15. The van der Waals surface area contributed by atoms with E-state index in [2.05, 4.69) is 15.2 Å². The van der Waals surface area contributed by atoms with E-state index in [9.17, 15) is 14.4 Å². The number of piperidine rings is 1. The molecule has 8 heteroatoms. The first-order chi connectivity index (χ1) is 14.8. The van der Waals surface area contributed by atoms with Gasteiger partial charge in [-0.3, -0.25) is 19.3 Å². The third-order valence-electron chi connectivity index (χ3n) is 6.14. The third-order valence-corrected chi connectivity index (χ3v) is 7.13. The number of benzene rings is 1. The van der Waals surface area contributed by atoms with Gasteiger partial charge in [0.2, 0.25) is 11.8 Å². The van der Waals surface area contributed by atoms with E-state index in [-0.39, 0.29) is 30.1 Å². The zero-order valence-electron chi connectivity index (χ0n) is 18.2. The predicted molar refractivity (Wildman–Crippen MR) is 122 cm³/mol. The number of Topliss-reactive ketones (excluding diaryl/α,β-unsaturated/α-hetero) is 1. The fourth-order valence-electron chi connectivity index (χ4n) is 4.36. The maximum atomic E-state index is 13.3. The largest absolute Gasteiger partial charge is 0.312 e. The second-order valence-corrected chi connectivity index (χ2v) is 9.63. The van der Waals surface area contributed by atoms with E-state index in [1.807, 2.05) is 30.9 Å². The molecule has 1 atom stereocenters. The fourth-order valence-corrected chi connectivity index (χ4v) is 5.19. The van der Waals surface area contributed by atoms with Crippen molar-refractivity contribution >= 4 is 39.8 Å². The summed E-state index contributed by atoms with van der Waals surface area (Å²) >= 11 is 1.48. The summed E-state index contributed by atoms with van der Waals surface area (Å²) in [5, 5.41) is 3.51. The lowest BCUT2D eigenvalue weighted by molar-refractivity contribution is -0.125. The standard InChI is InChI=1S/C23H28N4O3S/c1-14-16(3)31-23(24-14)25-21(29)13-26-9-4-5-19(12-26)22(30)27-10-8-18-11-17(15(2)28)6-7-20(18)27/h6-7,11,19H,4-5,8-10,12-13H2,1-3H3,(H,24,25,29). The van der Waals surface area contributed by atoms with Crippen molar-refractivity contribution < 1.29 is 14.4 Å². The van der Waals surface area contributed by atoms with Crippen molar-refractivity contribution in [3.8, 4) is 0 Å². The van der Waals surface area contributed by atoms with E-state index in [1.54, 1.807) is 13.0 Å². The number of hydrogen-bond donors (Lipinski definition) is 1. The number of amides is 2. The summed E-state index contributed by atoms with van der Waals surface area (Å²) in [7, 11) is 0. The SMILES string of the molecule is CC(=O)c1ccc2c(c1)CCN2C(=O)C1CCCN(CC(=O)Nc2nc(C)c(C)s2)C1. The normalized spacial score (nSPS) is 18.7. The van der Waals surface area contributed by atoms with Gasteiger partial charge >= 0.3 is 0 Å². The number of anilines is 2. The summed E-state index contributed by atoms with van der Waals surface area (Å²) < 4.78 is 0. The van der Waals surface area contributed by atoms with E-state index in [4.69, 9.17) is 0 Å². The lowest BCUT2D eigenvalue weighted by atomic mass is 9.96. The zero-order valence-corrected chi connectivity index (χ0v) is 19.1. The molecule has 2 aliphatic rings. The molecule has 0 spiro atoms. The first kappa shape index (κ1) is 21.6. The predicted octanol–water partition coefficient (Wildman–Crippen LogP) is 3.20. The van der Waals surface area contributed by atoms with E-state index in [0.717, 1.165) is 47.6 Å². The second-order valence-electron chi connectivity index (χ2n) is 8.42. The molecule has 2 aliphatic heterocycles. The van der Waals surface area contributed by atoms with Gasteiger partial charge in [-0.1, -0.05) is 0 Å². The summed E-state index contributed by atoms with van der Waals surface area (Å²) in [6.07, 6.45) is 2.50. The summed E-state index contributed by atoms with van der Waals surface area (Å²) in [5.74, 6) is -0.0584. The van der Waals surface area contributed by atoms with Crippen LogP contribution in [-0.4, -0.2) is 53.7 Å².